The summed E-state index contributed by atoms with van der Waals surface area (Å²) >= 11 is 6.37. The van der Waals surface area contributed by atoms with E-state index in [2.05, 4.69) is 25.6 Å². The first-order valence-electron chi connectivity index (χ1n) is 10.5. The third kappa shape index (κ3) is 4.49. The Balaban J connectivity index is 1.75. The smallest absolute Gasteiger partial charge is 0.223 e. The summed E-state index contributed by atoms with van der Waals surface area (Å²) in [7, 11) is 0. The van der Waals surface area contributed by atoms with E-state index in [1.165, 1.54) is 12.3 Å². The van der Waals surface area contributed by atoms with Crippen LogP contribution in [0.2, 0.25) is 5.02 Å². The van der Waals surface area contributed by atoms with Crippen LogP contribution in [0.3, 0.4) is 0 Å². The van der Waals surface area contributed by atoms with Crippen LogP contribution in [0.15, 0.2) is 18.3 Å². The Hall–Kier alpha value is -2.53. The number of imidazole rings is 1. The van der Waals surface area contributed by atoms with E-state index >= 15 is 4.39 Å². The van der Waals surface area contributed by atoms with Gasteiger partial charge in [-0.15, -0.1) is 0 Å². The highest BCUT2D eigenvalue weighted by atomic mass is 35.5. The van der Waals surface area contributed by atoms with Crippen LogP contribution in [0, 0.1) is 5.82 Å². The molecule has 9 nitrogen and oxygen atoms in total. The van der Waals surface area contributed by atoms with Gasteiger partial charge in [0.2, 0.25) is 11.9 Å². The molecule has 0 spiro atoms. The molecule has 2 atom stereocenters. The lowest BCUT2D eigenvalue weighted by Gasteiger charge is -2.28. The molecular formula is C21H26ClFN6O3. The first-order valence-corrected chi connectivity index (χ1v) is 10.9. The molecule has 0 unspecified atom stereocenters. The highest BCUT2D eigenvalue weighted by molar-refractivity contribution is 6.33. The summed E-state index contributed by atoms with van der Waals surface area (Å²) in [6.07, 6.45) is 1.39. The van der Waals surface area contributed by atoms with Gasteiger partial charge in [-0.1, -0.05) is 11.6 Å². The van der Waals surface area contributed by atoms with E-state index in [9.17, 15) is 5.11 Å². The molecule has 0 aliphatic carbocycles. The van der Waals surface area contributed by atoms with Gasteiger partial charge in [-0.3, -0.25) is 0 Å². The summed E-state index contributed by atoms with van der Waals surface area (Å²) in [4.78, 5) is 13.1. The van der Waals surface area contributed by atoms with Crippen molar-refractivity contribution in [3.05, 3.63) is 29.2 Å². The Morgan fingerprint density at radius 1 is 1.34 bits per heavy atom. The molecule has 32 heavy (non-hydrogen) atoms. The van der Waals surface area contributed by atoms with Crippen molar-refractivity contribution in [1.82, 2.24) is 19.5 Å². The van der Waals surface area contributed by atoms with Crippen LogP contribution < -0.4 is 10.6 Å². The molecule has 1 aliphatic rings. The van der Waals surface area contributed by atoms with Gasteiger partial charge in [0.05, 0.1) is 47.8 Å². The average molecular weight is 465 g/mol. The second-order valence-corrected chi connectivity index (χ2v) is 8.35. The van der Waals surface area contributed by atoms with Crippen LogP contribution in [-0.4, -0.2) is 68.2 Å². The maximum absolute atomic E-state index is 15.1. The number of ether oxygens (including phenoxy) is 1. The molecule has 0 radical (unpaired) electrons. The Kier molecular flexibility index (Phi) is 6.75. The van der Waals surface area contributed by atoms with E-state index < -0.39 is 11.9 Å². The monoisotopic (exact) mass is 464 g/mol. The van der Waals surface area contributed by atoms with Crippen LogP contribution >= 0.6 is 11.6 Å². The van der Waals surface area contributed by atoms with E-state index in [-0.39, 0.29) is 35.8 Å². The van der Waals surface area contributed by atoms with Crippen LogP contribution in [0.4, 0.5) is 16.3 Å². The summed E-state index contributed by atoms with van der Waals surface area (Å²) < 4.78 is 22.2. The highest BCUT2D eigenvalue weighted by Gasteiger charge is 2.25. The zero-order chi connectivity index (χ0) is 22.8. The lowest BCUT2D eigenvalue weighted by atomic mass is 10.1. The van der Waals surface area contributed by atoms with E-state index in [4.69, 9.17) is 21.4 Å². The number of nitrogens with one attached hydrogen (secondary N) is 2. The number of rotatable bonds is 7. The van der Waals surface area contributed by atoms with Crippen molar-refractivity contribution < 1.29 is 19.3 Å². The van der Waals surface area contributed by atoms with Gasteiger partial charge in [0, 0.05) is 24.8 Å². The van der Waals surface area contributed by atoms with Gasteiger partial charge in [0.15, 0.2) is 5.82 Å². The lowest BCUT2D eigenvalue weighted by Crippen LogP contribution is -2.42. The molecule has 11 heteroatoms. The number of fused-ring (bicyclic) bond motifs is 1. The Morgan fingerprint density at radius 2 is 2.16 bits per heavy atom. The molecule has 172 valence electrons. The molecule has 1 saturated heterocycles. The number of halogens is 2. The fourth-order valence-electron chi connectivity index (χ4n) is 3.80. The summed E-state index contributed by atoms with van der Waals surface area (Å²) in [6, 6.07) is 2.87. The van der Waals surface area contributed by atoms with Crippen molar-refractivity contribution in [2.24, 2.45) is 0 Å². The van der Waals surface area contributed by atoms with Crippen molar-refractivity contribution in [2.75, 3.05) is 37.0 Å². The van der Waals surface area contributed by atoms with Crippen molar-refractivity contribution in [1.29, 1.82) is 0 Å². The Bertz CT molecular complexity index is 1110. The molecule has 1 aliphatic heterocycles. The number of aliphatic hydroxyl groups is 2. The molecule has 4 rings (SSSR count). The van der Waals surface area contributed by atoms with Crippen molar-refractivity contribution >= 4 is 34.5 Å². The molecule has 2 aromatic heterocycles. The minimum Gasteiger partial charge on any atom is -0.395 e. The maximum Gasteiger partial charge on any atom is 0.223 e. The number of nitrogens with zero attached hydrogens (tertiary/aromatic N) is 4. The number of aliphatic hydroxyl groups excluding tert-OH is 2. The van der Waals surface area contributed by atoms with Gasteiger partial charge in [-0.05, 0) is 32.4 Å². The lowest BCUT2D eigenvalue weighted by molar-refractivity contribution is -0.0136. The quantitative estimate of drug-likeness (QED) is 0.421. The van der Waals surface area contributed by atoms with Crippen LogP contribution in [-0.2, 0) is 4.74 Å². The first kappa shape index (κ1) is 22.7. The minimum absolute atomic E-state index is 0.0102. The summed E-state index contributed by atoms with van der Waals surface area (Å²) in [6.45, 7) is 4.94. The number of hydrogen-bond acceptors (Lipinski definition) is 8. The summed E-state index contributed by atoms with van der Waals surface area (Å²) in [5.41, 5.74) is 1.65. The molecule has 0 saturated carbocycles. The molecule has 0 bridgehead atoms. The van der Waals surface area contributed by atoms with Gasteiger partial charge in [0.1, 0.15) is 5.52 Å². The van der Waals surface area contributed by atoms with E-state index in [1.54, 1.807) is 6.07 Å². The third-order valence-corrected chi connectivity index (χ3v) is 5.59. The molecule has 3 aromatic rings. The standard InChI is InChI=1S/C21H26ClFN6O3/c1-11(2)29-16-8-12(7-14(23)19(16)28-21(29)24-4-5-30)18-13(22)9-25-20(27-18)26-15-3-6-32-10-17(15)31/h7-9,11,15,17,30-31H,3-6,10H2,1-2H3,(H,24,28)(H,25,26,27)/t15-,17-/m1/s1. The molecule has 0 amide bonds. The van der Waals surface area contributed by atoms with Gasteiger partial charge in [-0.25, -0.2) is 19.3 Å². The zero-order valence-corrected chi connectivity index (χ0v) is 18.6. The fraction of sp³-hybridized carbons (Fsp3) is 0.476. The van der Waals surface area contributed by atoms with Crippen LogP contribution in [0.5, 0.6) is 0 Å². The Morgan fingerprint density at radius 3 is 2.88 bits per heavy atom. The first-order chi connectivity index (χ1) is 15.4. The minimum atomic E-state index is -0.675. The van der Waals surface area contributed by atoms with E-state index in [0.717, 1.165) is 0 Å². The predicted molar refractivity (Wildman–Crippen MR) is 121 cm³/mol. The molecular weight excluding hydrogens is 439 g/mol. The van der Waals surface area contributed by atoms with E-state index in [0.29, 0.717) is 48.2 Å². The summed E-state index contributed by atoms with van der Waals surface area (Å²) in [5.74, 6) is 0.260. The number of benzene rings is 1. The number of anilines is 2. The van der Waals surface area contributed by atoms with Crippen molar-refractivity contribution in [3.8, 4) is 11.3 Å². The third-order valence-electron chi connectivity index (χ3n) is 5.32. The largest absolute Gasteiger partial charge is 0.395 e. The highest BCUT2D eigenvalue weighted by Crippen LogP contribution is 2.33. The van der Waals surface area contributed by atoms with Crippen LogP contribution in [0.1, 0.15) is 26.3 Å². The predicted octanol–water partition coefficient (Wildman–Crippen LogP) is 2.83. The second kappa shape index (κ2) is 9.53. The summed E-state index contributed by atoms with van der Waals surface area (Å²) in [5, 5.41) is 25.7. The maximum atomic E-state index is 15.1. The number of hydrogen-bond donors (Lipinski definition) is 4. The molecule has 1 fully saturated rings. The second-order valence-electron chi connectivity index (χ2n) is 7.95. The average Bonchev–Trinajstić information content (AvgIpc) is 3.14. The van der Waals surface area contributed by atoms with Crippen molar-refractivity contribution in [2.45, 2.75) is 38.5 Å². The van der Waals surface area contributed by atoms with Crippen LogP contribution in [0.25, 0.3) is 22.3 Å². The molecule has 1 aromatic carbocycles. The zero-order valence-electron chi connectivity index (χ0n) is 17.8. The van der Waals surface area contributed by atoms with E-state index in [1.807, 2.05) is 18.4 Å². The Labute approximate surface area is 189 Å². The van der Waals surface area contributed by atoms with Gasteiger partial charge in [-0.2, -0.15) is 0 Å². The normalized spacial score (nSPS) is 19.0. The van der Waals surface area contributed by atoms with Gasteiger partial charge >= 0.3 is 0 Å². The topological polar surface area (TPSA) is 117 Å². The fourth-order valence-corrected chi connectivity index (χ4v) is 4.00. The van der Waals surface area contributed by atoms with Gasteiger partial charge in [0.25, 0.3) is 0 Å². The van der Waals surface area contributed by atoms with Gasteiger partial charge < -0.3 is 30.2 Å². The van der Waals surface area contributed by atoms with Crippen molar-refractivity contribution in [3.63, 3.8) is 0 Å². The molecule has 3 heterocycles. The SMILES string of the molecule is CC(C)n1c(NCCO)nc2c(F)cc(-c3nc(N[C@@H]4CCOC[C@H]4O)ncc3Cl)cc21. The number of aromatic nitrogens is 4. The molecule has 4 N–H and O–H groups in total.